The zero-order valence-electron chi connectivity index (χ0n) is 9.02. The molecule has 3 N–H and O–H groups in total. The van der Waals surface area contributed by atoms with Gasteiger partial charge in [-0.1, -0.05) is 24.3 Å². The zero-order valence-corrected chi connectivity index (χ0v) is 10.6. The standard InChI is InChI=1S/C11H12ClN3OS/c1-2-5-16-10-4-3-9(12)6-8(10)7-14-15-11(13)17/h2-4,6-7H,1,5H2,(H3,13,15,17). The number of nitrogens with one attached hydrogen (secondary N) is 1. The van der Waals surface area contributed by atoms with Crippen LogP contribution in [0, 0.1) is 0 Å². The molecule has 0 fully saturated rings. The average molecular weight is 270 g/mol. The molecule has 0 aliphatic rings. The second-order valence-corrected chi connectivity index (χ2v) is 3.89. The van der Waals surface area contributed by atoms with Gasteiger partial charge in [0.1, 0.15) is 12.4 Å². The van der Waals surface area contributed by atoms with E-state index in [1.54, 1.807) is 24.3 Å². The maximum absolute atomic E-state index is 5.88. The fourth-order valence-electron chi connectivity index (χ4n) is 1.07. The van der Waals surface area contributed by atoms with Gasteiger partial charge in [0, 0.05) is 10.6 Å². The molecule has 0 atom stereocenters. The maximum atomic E-state index is 5.88. The third-order valence-corrected chi connectivity index (χ3v) is 2.03. The summed E-state index contributed by atoms with van der Waals surface area (Å²) in [7, 11) is 0. The fraction of sp³-hybridized carbons (Fsp3) is 0.0909. The molecule has 0 spiro atoms. The van der Waals surface area contributed by atoms with Crippen molar-refractivity contribution in [1.29, 1.82) is 0 Å². The van der Waals surface area contributed by atoms with Crippen molar-refractivity contribution in [3.63, 3.8) is 0 Å². The first kappa shape index (κ1) is 13.5. The van der Waals surface area contributed by atoms with Crippen LogP contribution in [0.4, 0.5) is 0 Å². The number of benzene rings is 1. The molecular weight excluding hydrogens is 258 g/mol. The lowest BCUT2D eigenvalue weighted by Gasteiger charge is -2.07. The van der Waals surface area contributed by atoms with E-state index in [4.69, 9.17) is 22.1 Å². The molecule has 1 rings (SSSR count). The first-order valence-corrected chi connectivity index (χ1v) is 5.54. The van der Waals surface area contributed by atoms with E-state index in [-0.39, 0.29) is 5.11 Å². The summed E-state index contributed by atoms with van der Waals surface area (Å²) in [5.74, 6) is 0.655. The van der Waals surface area contributed by atoms with Crippen LogP contribution in [0.1, 0.15) is 5.56 Å². The minimum atomic E-state index is 0.0943. The number of nitrogens with two attached hydrogens (primary N) is 1. The van der Waals surface area contributed by atoms with E-state index in [0.29, 0.717) is 17.4 Å². The predicted octanol–water partition coefficient (Wildman–Crippen LogP) is 2.07. The van der Waals surface area contributed by atoms with Crippen LogP contribution in [0.25, 0.3) is 0 Å². The van der Waals surface area contributed by atoms with E-state index in [1.165, 1.54) is 6.21 Å². The Hall–Kier alpha value is -1.59. The van der Waals surface area contributed by atoms with Crippen molar-refractivity contribution in [2.75, 3.05) is 6.61 Å². The van der Waals surface area contributed by atoms with Gasteiger partial charge < -0.3 is 10.5 Å². The summed E-state index contributed by atoms with van der Waals surface area (Å²) in [6.07, 6.45) is 3.19. The lowest BCUT2D eigenvalue weighted by Crippen LogP contribution is -2.24. The number of hydrogen-bond donors (Lipinski definition) is 2. The second kappa shape index (κ2) is 6.88. The number of thiocarbonyl (C=S) groups is 1. The highest BCUT2D eigenvalue weighted by Gasteiger charge is 2.02. The van der Waals surface area contributed by atoms with Crippen LogP contribution in [0.3, 0.4) is 0 Å². The fourth-order valence-corrected chi connectivity index (χ4v) is 1.30. The molecule has 1 aromatic carbocycles. The lowest BCUT2D eigenvalue weighted by atomic mass is 10.2. The molecule has 0 amide bonds. The Morgan fingerprint density at radius 2 is 2.41 bits per heavy atom. The van der Waals surface area contributed by atoms with Gasteiger partial charge in [0.2, 0.25) is 0 Å². The van der Waals surface area contributed by atoms with Crippen molar-refractivity contribution < 1.29 is 4.74 Å². The van der Waals surface area contributed by atoms with Crippen LogP contribution >= 0.6 is 23.8 Å². The molecule has 1 aromatic rings. The lowest BCUT2D eigenvalue weighted by molar-refractivity contribution is 0.362. The molecule has 0 saturated carbocycles. The monoisotopic (exact) mass is 269 g/mol. The van der Waals surface area contributed by atoms with Crippen molar-refractivity contribution >= 4 is 35.1 Å². The summed E-state index contributed by atoms with van der Waals surface area (Å²) < 4.78 is 5.44. The first-order chi connectivity index (χ1) is 8.13. The number of hydrazone groups is 1. The van der Waals surface area contributed by atoms with Gasteiger partial charge in [-0.05, 0) is 30.4 Å². The van der Waals surface area contributed by atoms with Crippen molar-refractivity contribution in [2.24, 2.45) is 10.8 Å². The summed E-state index contributed by atoms with van der Waals surface area (Å²) in [4.78, 5) is 0. The Morgan fingerprint density at radius 1 is 1.65 bits per heavy atom. The molecular formula is C11H12ClN3OS. The number of rotatable bonds is 5. The Bertz CT molecular complexity index is 448. The van der Waals surface area contributed by atoms with Crippen LogP contribution < -0.4 is 15.9 Å². The first-order valence-electron chi connectivity index (χ1n) is 4.75. The average Bonchev–Trinajstić information content (AvgIpc) is 2.27. The number of ether oxygens (including phenoxy) is 1. The summed E-state index contributed by atoms with van der Waals surface area (Å²) in [6.45, 7) is 3.99. The van der Waals surface area contributed by atoms with Gasteiger partial charge in [-0.2, -0.15) is 5.10 Å². The third-order valence-electron chi connectivity index (χ3n) is 1.71. The Balaban J connectivity index is 2.86. The van der Waals surface area contributed by atoms with Crippen molar-refractivity contribution in [3.8, 4) is 5.75 Å². The third kappa shape index (κ3) is 4.84. The quantitative estimate of drug-likeness (QED) is 0.372. The van der Waals surface area contributed by atoms with Crippen LogP contribution in [-0.2, 0) is 0 Å². The number of nitrogens with zero attached hydrogens (tertiary/aromatic N) is 1. The highest BCUT2D eigenvalue weighted by molar-refractivity contribution is 7.80. The van der Waals surface area contributed by atoms with E-state index in [9.17, 15) is 0 Å². The van der Waals surface area contributed by atoms with Gasteiger partial charge in [0.25, 0.3) is 0 Å². The summed E-state index contributed by atoms with van der Waals surface area (Å²) in [5, 5.41) is 4.53. The van der Waals surface area contributed by atoms with E-state index >= 15 is 0 Å². The molecule has 0 aliphatic carbocycles. The Morgan fingerprint density at radius 3 is 3.06 bits per heavy atom. The molecule has 0 aromatic heterocycles. The van der Waals surface area contributed by atoms with E-state index in [0.717, 1.165) is 5.56 Å². The smallest absolute Gasteiger partial charge is 0.184 e. The highest BCUT2D eigenvalue weighted by atomic mass is 35.5. The van der Waals surface area contributed by atoms with Gasteiger partial charge in [-0.3, -0.25) is 5.43 Å². The molecule has 0 heterocycles. The van der Waals surface area contributed by atoms with Gasteiger partial charge >= 0.3 is 0 Å². The number of hydrogen-bond acceptors (Lipinski definition) is 3. The van der Waals surface area contributed by atoms with E-state index < -0.39 is 0 Å². The summed E-state index contributed by atoms with van der Waals surface area (Å²) in [5.41, 5.74) is 8.42. The summed E-state index contributed by atoms with van der Waals surface area (Å²) >= 11 is 10.5. The Kier molecular flexibility index (Phi) is 5.45. The van der Waals surface area contributed by atoms with Crippen LogP contribution in [0.15, 0.2) is 36.0 Å². The highest BCUT2D eigenvalue weighted by Crippen LogP contribution is 2.21. The second-order valence-electron chi connectivity index (χ2n) is 3.02. The molecule has 0 unspecified atom stereocenters. The normalized spacial score (nSPS) is 10.2. The molecule has 17 heavy (non-hydrogen) atoms. The van der Waals surface area contributed by atoms with Gasteiger partial charge in [0.15, 0.2) is 5.11 Å². The number of halogens is 1. The molecule has 4 nitrogen and oxygen atoms in total. The van der Waals surface area contributed by atoms with Gasteiger partial charge in [-0.25, -0.2) is 0 Å². The zero-order chi connectivity index (χ0) is 12.7. The largest absolute Gasteiger partial charge is 0.489 e. The van der Waals surface area contributed by atoms with E-state index in [2.05, 4.69) is 29.3 Å². The molecule has 0 radical (unpaired) electrons. The predicted molar refractivity (Wildman–Crippen MR) is 74.7 cm³/mol. The van der Waals surface area contributed by atoms with Gasteiger partial charge in [0.05, 0.1) is 6.21 Å². The van der Waals surface area contributed by atoms with Crippen LogP contribution in [-0.4, -0.2) is 17.9 Å². The molecule has 0 saturated heterocycles. The van der Waals surface area contributed by atoms with E-state index in [1.807, 2.05) is 0 Å². The topological polar surface area (TPSA) is 59.6 Å². The maximum Gasteiger partial charge on any atom is 0.184 e. The van der Waals surface area contributed by atoms with Crippen molar-refractivity contribution in [2.45, 2.75) is 0 Å². The molecule has 0 aliphatic heterocycles. The van der Waals surface area contributed by atoms with Crippen molar-refractivity contribution in [3.05, 3.63) is 41.4 Å². The molecule has 90 valence electrons. The molecule has 6 heteroatoms. The van der Waals surface area contributed by atoms with Gasteiger partial charge in [-0.15, -0.1) is 0 Å². The van der Waals surface area contributed by atoms with Crippen molar-refractivity contribution in [1.82, 2.24) is 5.43 Å². The van der Waals surface area contributed by atoms with Crippen LogP contribution in [0.5, 0.6) is 5.75 Å². The SMILES string of the molecule is C=CCOc1ccc(Cl)cc1C=NNC(N)=S. The van der Waals surface area contributed by atoms with Crippen LogP contribution in [0.2, 0.25) is 5.02 Å². The molecule has 0 bridgehead atoms. The Labute approximate surface area is 110 Å². The summed E-state index contributed by atoms with van der Waals surface area (Å²) in [6, 6.07) is 5.22. The minimum Gasteiger partial charge on any atom is -0.489 e. The minimum absolute atomic E-state index is 0.0943.